The molecule has 1 saturated carbocycles. The topological polar surface area (TPSA) is 44.5 Å². The molecule has 1 aromatic carbocycles. The fourth-order valence-corrected chi connectivity index (χ4v) is 2.57. The van der Waals surface area contributed by atoms with Gasteiger partial charge in [-0.3, -0.25) is 0 Å². The van der Waals surface area contributed by atoms with Crippen LogP contribution in [-0.2, 0) is 22.6 Å². The van der Waals surface area contributed by atoms with Crippen LogP contribution in [0.1, 0.15) is 36.8 Å². The van der Waals surface area contributed by atoms with Gasteiger partial charge in [-0.2, -0.15) is 0 Å². The molecule has 2 N–H and O–H groups in total. The van der Waals surface area contributed by atoms with E-state index in [-0.39, 0.29) is 0 Å². The second-order valence-corrected chi connectivity index (χ2v) is 4.93. The Hall–Kier alpha value is -0.900. The normalized spacial score (nSPS) is 24.1. The van der Waals surface area contributed by atoms with Crippen LogP contribution in [-0.4, -0.2) is 19.3 Å². The molecule has 100 valence electrons. The predicted octanol–water partition coefficient (Wildman–Crippen LogP) is 2.62. The molecule has 3 heteroatoms. The third kappa shape index (κ3) is 3.55. The first-order chi connectivity index (χ1) is 8.83. The molecular formula is C15H23NO2. The van der Waals surface area contributed by atoms with E-state index >= 15 is 0 Å². The highest BCUT2D eigenvalue weighted by Crippen LogP contribution is 2.24. The van der Waals surface area contributed by atoms with Gasteiger partial charge in [-0.15, -0.1) is 0 Å². The quantitative estimate of drug-likeness (QED) is 0.872. The van der Waals surface area contributed by atoms with Gasteiger partial charge in [0.1, 0.15) is 0 Å². The van der Waals surface area contributed by atoms with Gasteiger partial charge < -0.3 is 15.2 Å². The average Bonchev–Trinajstić information content (AvgIpc) is 2.45. The molecule has 0 spiro atoms. The molecule has 1 aromatic rings. The standard InChI is InChI=1S/C15H23NO2/c1-17-14-7-4-8-15(9-14)18-11-13-6-3-2-5-12(13)10-16/h2-3,5-6,14-15H,4,7-11,16H2,1H3. The second kappa shape index (κ2) is 6.88. The first kappa shape index (κ1) is 13.5. The average molecular weight is 249 g/mol. The van der Waals surface area contributed by atoms with Gasteiger partial charge in [0, 0.05) is 13.7 Å². The Morgan fingerprint density at radius 2 is 1.89 bits per heavy atom. The van der Waals surface area contributed by atoms with Gasteiger partial charge in [0.2, 0.25) is 0 Å². The maximum Gasteiger partial charge on any atom is 0.0723 e. The summed E-state index contributed by atoms with van der Waals surface area (Å²) in [7, 11) is 1.79. The van der Waals surface area contributed by atoms with Crippen LogP contribution in [0, 0.1) is 0 Å². The van der Waals surface area contributed by atoms with Crippen LogP contribution in [0.25, 0.3) is 0 Å². The highest BCUT2D eigenvalue weighted by Gasteiger charge is 2.22. The van der Waals surface area contributed by atoms with Crippen molar-refractivity contribution in [3.05, 3.63) is 35.4 Å². The number of nitrogens with two attached hydrogens (primary N) is 1. The summed E-state index contributed by atoms with van der Waals surface area (Å²) in [4.78, 5) is 0. The molecule has 3 nitrogen and oxygen atoms in total. The van der Waals surface area contributed by atoms with Crippen molar-refractivity contribution >= 4 is 0 Å². The summed E-state index contributed by atoms with van der Waals surface area (Å²) in [5.41, 5.74) is 8.11. The van der Waals surface area contributed by atoms with Gasteiger partial charge in [0.25, 0.3) is 0 Å². The maximum atomic E-state index is 6.01. The summed E-state index contributed by atoms with van der Waals surface area (Å²) in [5, 5.41) is 0. The largest absolute Gasteiger partial charge is 0.381 e. The third-order valence-corrected chi connectivity index (χ3v) is 3.72. The zero-order valence-corrected chi connectivity index (χ0v) is 11.1. The van der Waals surface area contributed by atoms with Gasteiger partial charge in [-0.1, -0.05) is 24.3 Å². The van der Waals surface area contributed by atoms with E-state index in [1.807, 2.05) is 12.1 Å². The number of hydrogen-bond donors (Lipinski definition) is 1. The number of ether oxygens (including phenoxy) is 2. The van der Waals surface area contributed by atoms with Crippen molar-refractivity contribution in [2.24, 2.45) is 5.73 Å². The van der Waals surface area contributed by atoms with Crippen molar-refractivity contribution in [3.8, 4) is 0 Å². The Balaban J connectivity index is 1.87. The van der Waals surface area contributed by atoms with E-state index in [4.69, 9.17) is 15.2 Å². The predicted molar refractivity (Wildman–Crippen MR) is 72.2 cm³/mol. The minimum atomic E-state index is 0.328. The molecule has 2 rings (SSSR count). The Kier molecular flexibility index (Phi) is 5.17. The zero-order chi connectivity index (χ0) is 12.8. The molecular weight excluding hydrogens is 226 g/mol. The summed E-state index contributed by atoms with van der Waals surface area (Å²) < 4.78 is 11.4. The van der Waals surface area contributed by atoms with Gasteiger partial charge >= 0.3 is 0 Å². The van der Waals surface area contributed by atoms with E-state index in [0.29, 0.717) is 25.4 Å². The number of hydrogen-bond acceptors (Lipinski definition) is 3. The molecule has 1 aliphatic rings. The lowest BCUT2D eigenvalue weighted by Crippen LogP contribution is -2.27. The van der Waals surface area contributed by atoms with Crippen LogP contribution in [0.5, 0.6) is 0 Å². The summed E-state index contributed by atoms with van der Waals surface area (Å²) in [5.74, 6) is 0. The van der Waals surface area contributed by atoms with E-state index in [1.165, 1.54) is 17.5 Å². The summed E-state index contributed by atoms with van der Waals surface area (Å²) in [6, 6.07) is 8.22. The van der Waals surface area contributed by atoms with Gasteiger partial charge in [-0.25, -0.2) is 0 Å². The molecule has 1 aliphatic carbocycles. The third-order valence-electron chi connectivity index (χ3n) is 3.72. The van der Waals surface area contributed by atoms with Crippen LogP contribution in [0.3, 0.4) is 0 Å². The van der Waals surface area contributed by atoms with Crippen LogP contribution >= 0.6 is 0 Å². The Morgan fingerprint density at radius 1 is 1.17 bits per heavy atom. The molecule has 0 aromatic heterocycles. The number of benzene rings is 1. The molecule has 0 aliphatic heterocycles. The minimum absolute atomic E-state index is 0.328. The SMILES string of the molecule is COC1CCCC(OCc2ccccc2CN)C1. The fourth-order valence-electron chi connectivity index (χ4n) is 2.57. The van der Waals surface area contributed by atoms with Gasteiger partial charge in [-0.05, 0) is 36.8 Å². The van der Waals surface area contributed by atoms with Gasteiger partial charge in [0.05, 0.1) is 18.8 Å². The molecule has 0 saturated heterocycles. The summed E-state index contributed by atoms with van der Waals surface area (Å²) in [6.45, 7) is 1.24. The zero-order valence-electron chi connectivity index (χ0n) is 11.1. The van der Waals surface area contributed by atoms with Crippen molar-refractivity contribution < 1.29 is 9.47 Å². The molecule has 0 radical (unpaired) electrons. The Bertz CT molecular complexity index is 367. The molecule has 18 heavy (non-hydrogen) atoms. The lowest BCUT2D eigenvalue weighted by atomic mass is 9.95. The lowest BCUT2D eigenvalue weighted by Gasteiger charge is -2.28. The van der Waals surface area contributed by atoms with E-state index < -0.39 is 0 Å². The second-order valence-electron chi connectivity index (χ2n) is 4.93. The van der Waals surface area contributed by atoms with E-state index in [1.54, 1.807) is 7.11 Å². The van der Waals surface area contributed by atoms with Crippen molar-refractivity contribution in [2.45, 2.75) is 51.0 Å². The number of methoxy groups -OCH3 is 1. The van der Waals surface area contributed by atoms with Crippen molar-refractivity contribution in [1.82, 2.24) is 0 Å². The van der Waals surface area contributed by atoms with Crippen LogP contribution < -0.4 is 5.73 Å². The maximum absolute atomic E-state index is 6.01. The minimum Gasteiger partial charge on any atom is -0.381 e. The van der Waals surface area contributed by atoms with Crippen LogP contribution in [0.15, 0.2) is 24.3 Å². The van der Waals surface area contributed by atoms with Crippen LogP contribution in [0.2, 0.25) is 0 Å². The van der Waals surface area contributed by atoms with Gasteiger partial charge in [0.15, 0.2) is 0 Å². The molecule has 1 fully saturated rings. The lowest BCUT2D eigenvalue weighted by molar-refractivity contribution is -0.0365. The first-order valence-corrected chi connectivity index (χ1v) is 6.74. The van der Waals surface area contributed by atoms with Crippen molar-refractivity contribution in [1.29, 1.82) is 0 Å². The highest BCUT2D eigenvalue weighted by molar-refractivity contribution is 5.26. The number of rotatable bonds is 5. The van der Waals surface area contributed by atoms with E-state index in [0.717, 1.165) is 19.3 Å². The van der Waals surface area contributed by atoms with E-state index in [9.17, 15) is 0 Å². The van der Waals surface area contributed by atoms with Crippen LogP contribution in [0.4, 0.5) is 0 Å². The van der Waals surface area contributed by atoms with Crippen molar-refractivity contribution in [2.75, 3.05) is 7.11 Å². The monoisotopic (exact) mass is 249 g/mol. The molecule has 0 amide bonds. The van der Waals surface area contributed by atoms with Crippen molar-refractivity contribution in [3.63, 3.8) is 0 Å². The Morgan fingerprint density at radius 3 is 2.61 bits per heavy atom. The smallest absolute Gasteiger partial charge is 0.0723 e. The fraction of sp³-hybridized carbons (Fsp3) is 0.600. The molecule has 0 bridgehead atoms. The van der Waals surface area contributed by atoms with E-state index in [2.05, 4.69) is 12.1 Å². The summed E-state index contributed by atoms with van der Waals surface area (Å²) in [6.07, 6.45) is 5.21. The highest BCUT2D eigenvalue weighted by atomic mass is 16.5. The first-order valence-electron chi connectivity index (χ1n) is 6.74. The summed E-state index contributed by atoms with van der Waals surface area (Å²) >= 11 is 0. The Labute approximate surface area is 109 Å². The molecule has 0 heterocycles. The molecule has 2 unspecified atom stereocenters. The molecule has 2 atom stereocenters.